The molecular weight excluding hydrogens is 174 g/mol. The summed E-state index contributed by atoms with van der Waals surface area (Å²) in [4.78, 5) is 0. The first-order valence-corrected chi connectivity index (χ1v) is 5.31. The van der Waals surface area contributed by atoms with Gasteiger partial charge in [-0.1, -0.05) is 0 Å². The Morgan fingerprint density at radius 1 is 1.50 bits per heavy atom. The Morgan fingerprint density at radius 2 is 2.33 bits per heavy atom. The van der Waals surface area contributed by atoms with Crippen LogP contribution in [0.3, 0.4) is 0 Å². The van der Waals surface area contributed by atoms with Crippen molar-refractivity contribution in [2.75, 3.05) is 19.0 Å². The number of alkyl halides is 1. The van der Waals surface area contributed by atoms with Crippen LogP contribution >= 0.6 is 11.6 Å². The number of ether oxygens (including phenoxy) is 1. The molecule has 0 aromatic heterocycles. The van der Waals surface area contributed by atoms with Crippen LogP contribution in [0.2, 0.25) is 0 Å². The van der Waals surface area contributed by atoms with Gasteiger partial charge in [0.1, 0.15) is 0 Å². The van der Waals surface area contributed by atoms with Gasteiger partial charge in [0.2, 0.25) is 0 Å². The van der Waals surface area contributed by atoms with Gasteiger partial charge < -0.3 is 10.1 Å². The highest BCUT2D eigenvalue weighted by Gasteiger charge is 2.41. The monoisotopic (exact) mass is 189 g/mol. The minimum absolute atomic E-state index is 0.285. The molecular formula is C9H16ClNO. The molecule has 2 fully saturated rings. The van der Waals surface area contributed by atoms with Crippen molar-refractivity contribution in [2.24, 2.45) is 0 Å². The minimum Gasteiger partial charge on any atom is -0.377 e. The van der Waals surface area contributed by atoms with Crippen molar-refractivity contribution in [3.05, 3.63) is 0 Å². The predicted octanol–water partition coefficient (Wildman–Crippen LogP) is 1.53. The highest BCUT2D eigenvalue weighted by Crippen LogP contribution is 2.36. The van der Waals surface area contributed by atoms with Crippen LogP contribution in [0, 0.1) is 0 Å². The van der Waals surface area contributed by atoms with E-state index >= 15 is 0 Å². The van der Waals surface area contributed by atoms with E-state index in [0.29, 0.717) is 6.10 Å². The third-order valence-electron chi connectivity index (χ3n) is 2.84. The molecule has 2 aliphatic rings. The maximum Gasteiger partial charge on any atom is 0.0700 e. The summed E-state index contributed by atoms with van der Waals surface area (Å²) in [7, 11) is 0. The number of nitrogens with one attached hydrogen (secondary N) is 1. The second-order valence-electron chi connectivity index (χ2n) is 3.93. The van der Waals surface area contributed by atoms with Crippen LogP contribution in [-0.4, -0.2) is 30.7 Å². The Morgan fingerprint density at radius 3 is 2.83 bits per heavy atom. The largest absolute Gasteiger partial charge is 0.377 e. The number of rotatable bonds is 4. The van der Waals surface area contributed by atoms with Crippen molar-refractivity contribution in [1.82, 2.24) is 5.32 Å². The molecule has 2 nitrogen and oxygen atoms in total. The molecule has 12 heavy (non-hydrogen) atoms. The van der Waals surface area contributed by atoms with Crippen molar-refractivity contribution in [3.63, 3.8) is 0 Å². The van der Waals surface area contributed by atoms with Crippen molar-refractivity contribution in [1.29, 1.82) is 0 Å². The molecule has 2 rings (SSSR count). The van der Waals surface area contributed by atoms with Crippen LogP contribution in [0.1, 0.15) is 25.7 Å². The van der Waals surface area contributed by atoms with Gasteiger partial charge in [-0.3, -0.25) is 0 Å². The lowest BCUT2D eigenvalue weighted by molar-refractivity contribution is 0.107. The molecule has 3 heteroatoms. The predicted molar refractivity (Wildman–Crippen MR) is 49.7 cm³/mol. The van der Waals surface area contributed by atoms with Crippen molar-refractivity contribution in [3.8, 4) is 0 Å². The summed E-state index contributed by atoms with van der Waals surface area (Å²) < 4.78 is 5.52. The molecule has 1 unspecified atom stereocenters. The van der Waals surface area contributed by atoms with Gasteiger partial charge in [0.25, 0.3) is 0 Å². The highest BCUT2D eigenvalue weighted by atomic mass is 35.5. The highest BCUT2D eigenvalue weighted by molar-refractivity contribution is 6.18. The molecule has 0 radical (unpaired) electrons. The lowest BCUT2D eigenvalue weighted by Gasteiger charge is -2.17. The quantitative estimate of drug-likeness (QED) is 0.678. The Bertz CT molecular complexity index is 153. The summed E-state index contributed by atoms with van der Waals surface area (Å²) in [5, 5.41) is 3.50. The first kappa shape index (κ1) is 8.79. The molecule has 1 heterocycles. The van der Waals surface area contributed by atoms with Crippen LogP contribution in [0.15, 0.2) is 0 Å². The number of hydrogen-bond donors (Lipinski definition) is 1. The van der Waals surface area contributed by atoms with E-state index in [0.717, 1.165) is 19.0 Å². The summed E-state index contributed by atoms with van der Waals surface area (Å²) >= 11 is 5.84. The maximum atomic E-state index is 5.84. The van der Waals surface area contributed by atoms with E-state index in [-0.39, 0.29) is 5.54 Å². The minimum atomic E-state index is 0.285. The molecule has 1 atom stereocenters. The third kappa shape index (κ3) is 1.93. The summed E-state index contributed by atoms with van der Waals surface area (Å²) in [6.07, 6.45) is 5.36. The summed E-state index contributed by atoms with van der Waals surface area (Å²) in [5.74, 6) is 0.750. The van der Waals surface area contributed by atoms with Gasteiger partial charge in [0.15, 0.2) is 0 Å². The fourth-order valence-electron chi connectivity index (χ4n) is 1.64. The van der Waals surface area contributed by atoms with Gasteiger partial charge in [-0.05, 0) is 25.7 Å². The van der Waals surface area contributed by atoms with E-state index in [1.54, 1.807) is 0 Å². The summed E-state index contributed by atoms with van der Waals surface area (Å²) in [6, 6.07) is 0. The average molecular weight is 190 g/mol. The fraction of sp³-hybridized carbons (Fsp3) is 1.00. The van der Waals surface area contributed by atoms with Crippen LogP contribution in [0.4, 0.5) is 0 Å². The topological polar surface area (TPSA) is 21.3 Å². The molecule has 1 saturated carbocycles. The second kappa shape index (κ2) is 3.52. The summed E-state index contributed by atoms with van der Waals surface area (Å²) in [5.41, 5.74) is 0.285. The SMILES string of the molecule is ClCC1(NCC2CCCO2)CC1. The van der Waals surface area contributed by atoms with Crippen LogP contribution < -0.4 is 5.32 Å². The molecule has 70 valence electrons. The van der Waals surface area contributed by atoms with Crippen molar-refractivity contribution < 1.29 is 4.74 Å². The molecule has 1 aliphatic heterocycles. The van der Waals surface area contributed by atoms with Crippen LogP contribution in [-0.2, 0) is 4.74 Å². The molecule has 1 saturated heterocycles. The standard InChI is InChI=1S/C9H16ClNO/c10-7-9(3-4-9)11-6-8-2-1-5-12-8/h8,11H,1-7H2. The number of hydrogen-bond acceptors (Lipinski definition) is 2. The molecule has 1 N–H and O–H groups in total. The normalized spacial score (nSPS) is 32.2. The maximum absolute atomic E-state index is 5.84. The van der Waals surface area contributed by atoms with Crippen molar-refractivity contribution in [2.45, 2.75) is 37.3 Å². The van der Waals surface area contributed by atoms with Crippen LogP contribution in [0.25, 0.3) is 0 Å². The molecule has 0 aromatic rings. The van der Waals surface area contributed by atoms with E-state index in [9.17, 15) is 0 Å². The van der Waals surface area contributed by atoms with Gasteiger partial charge in [-0.15, -0.1) is 11.6 Å². The fourth-order valence-corrected chi connectivity index (χ4v) is 2.01. The Labute approximate surface area is 78.6 Å². The molecule has 0 spiro atoms. The lowest BCUT2D eigenvalue weighted by Crippen LogP contribution is -2.38. The Hall–Kier alpha value is 0.210. The zero-order valence-electron chi connectivity index (χ0n) is 7.31. The van der Waals surface area contributed by atoms with Gasteiger partial charge in [-0.25, -0.2) is 0 Å². The average Bonchev–Trinajstić information content (AvgIpc) is 2.70. The molecule has 0 bridgehead atoms. The molecule has 0 aromatic carbocycles. The van der Waals surface area contributed by atoms with Gasteiger partial charge >= 0.3 is 0 Å². The Kier molecular flexibility index (Phi) is 2.58. The Balaban J connectivity index is 1.67. The summed E-state index contributed by atoms with van der Waals surface area (Å²) in [6.45, 7) is 1.94. The van der Waals surface area contributed by atoms with Gasteiger partial charge in [0, 0.05) is 24.6 Å². The van der Waals surface area contributed by atoms with E-state index < -0.39 is 0 Å². The number of halogens is 1. The van der Waals surface area contributed by atoms with E-state index in [1.807, 2.05) is 0 Å². The van der Waals surface area contributed by atoms with Gasteiger partial charge in [-0.2, -0.15) is 0 Å². The van der Waals surface area contributed by atoms with E-state index in [1.165, 1.54) is 25.7 Å². The smallest absolute Gasteiger partial charge is 0.0700 e. The molecule has 1 aliphatic carbocycles. The second-order valence-corrected chi connectivity index (χ2v) is 4.20. The van der Waals surface area contributed by atoms with E-state index in [2.05, 4.69) is 5.32 Å². The first-order valence-electron chi connectivity index (χ1n) is 4.77. The lowest BCUT2D eigenvalue weighted by atomic mass is 10.2. The first-order chi connectivity index (χ1) is 5.85. The van der Waals surface area contributed by atoms with Gasteiger partial charge in [0.05, 0.1) is 6.10 Å². The zero-order chi connectivity index (χ0) is 8.44. The third-order valence-corrected chi connectivity index (χ3v) is 3.35. The van der Waals surface area contributed by atoms with Crippen molar-refractivity contribution >= 4 is 11.6 Å². The van der Waals surface area contributed by atoms with Crippen LogP contribution in [0.5, 0.6) is 0 Å². The molecule has 0 amide bonds. The van der Waals surface area contributed by atoms with E-state index in [4.69, 9.17) is 16.3 Å². The zero-order valence-corrected chi connectivity index (χ0v) is 8.07.